The third kappa shape index (κ3) is 2.81. The van der Waals surface area contributed by atoms with E-state index in [4.69, 9.17) is 0 Å². The summed E-state index contributed by atoms with van der Waals surface area (Å²) in [5.41, 5.74) is 3.60. The van der Waals surface area contributed by atoms with Crippen molar-refractivity contribution in [2.75, 3.05) is 0 Å². The van der Waals surface area contributed by atoms with Crippen LogP contribution in [-0.4, -0.2) is 16.8 Å². The highest BCUT2D eigenvalue weighted by atomic mass is 16.2. The lowest BCUT2D eigenvalue weighted by Gasteiger charge is -2.17. The van der Waals surface area contributed by atoms with Crippen LogP contribution in [0.5, 0.6) is 0 Å². The van der Waals surface area contributed by atoms with Crippen molar-refractivity contribution in [2.45, 2.75) is 6.42 Å². The summed E-state index contributed by atoms with van der Waals surface area (Å²) >= 11 is 0. The lowest BCUT2D eigenvalue weighted by Crippen LogP contribution is -2.41. The Morgan fingerprint density at radius 2 is 1.59 bits per heavy atom. The molecule has 0 fully saturated rings. The number of carbonyl (C=O) groups excluding carboxylic acids is 2. The molecule has 1 aliphatic heterocycles. The van der Waals surface area contributed by atoms with E-state index < -0.39 is 0 Å². The zero-order valence-corrected chi connectivity index (χ0v) is 9.17. The zero-order valence-electron chi connectivity index (χ0n) is 9.17. The number of imide groups is 1. The van der Waals surface area contributed by atoms with Crippen molar-refractivity contribution in [3.63, 3.8) is 0 Å². The molecular weight excluding hydrogens is 216 g/mol. The summed E-state index contributed by atoms with van der Waals surface area (Å²) in [6, 6.07) is 0. The molecule has 0 aromatic rings. The van der Waals surface area contributed by atoms with Gasteiger partial charge in [-0.15, -0.1) is 0 Å². The van der Waals surface area contributed by atoms with Gasteiger partial charge in [-0.05, 0) is 6.08 Å². The van der Waals surface area contributed by atoms with Crippen LogP contribution in [0.2, 0.25) is 0 Å². The maximum absolute atomic E-state index is 11.4. The van der Waals surface area contributed by atoms with Crippen LogP contribution < -0.4 is 5.43 Å². The number of hydrogen-bond donors (Lipinski definition) is 1. The molecule has 0 bridgehead atoms. The van der Waals surface area contributed by atoms with Crippen molar-refractivity contribution in [3.05, 3.63) is 60.4 Å². The number of nitrogens with one attached hydrogen (secondary N) is 1. The third-order valence-electron chi connectivity index (χ3n) is 2.28. The van der Waals surface area contributed by atoms with E-state index in [1.54, 1.807) is 0 Å². The lowest BCUT2D eigenvalue weighted by atomic mass is 10.3. The van der Waals surface area contributed by atoms with E-state index >= 15 is 0 Å². The van der Waals surface area contributed by atoms with Gasteiger partial charge in [-0.25, -0.2) is 0 Å². The molecular formula is C13H12N2O2. The van der Waals surface area contributed by atoms with Gasteiger partial charge in [-0.3, -0.25) is 15.0 Å². The van der Waals surface area contributed by atoms with Crippen molar-refractivity contribution in [1.29, 1.82) is 0 Å². The Labute approximate surface area is 99.3 Å². The Balaban J connectivity index is 2.08. The Morgan fingerprint density at radius 3 is 2.35 bits per heavy atom. The van der Waals surface area contributed by atoms with Crippen LogP contribution in [0, 0.1) is 0 Å². The molecule has 0 radical (unpaired) electrons. The van der Waals surface area contributed by atoms with Crippen molar-refractivity contribution in [1.82, 2.24) is 10.4 Å². The minimum absolute atomic E-state index is 0.346. The Kier molecular flexibility index (Phi) is 3.35. The molecule has 4 nitrogen and oxygen atoms in total. The predicted molar refractivity (Wildman–Crippen MR) is 64.2 cm³/mol. The van der Waals surface area contributed by atoms with E-state index in [1.165, 1.54) is 12.2 Å². The molecule has 1 N–H and O–H groups in total. The van der Waals surface area contributed by atoms with Crippen LogP contribution in [-0.2, 0) is 9.59 Å². The van der Waals surface area contributed by atoms with Crippen LogP contribution in [0.1, 0.15) is 6.42 Å². The molecule has 0 saturated carbocycles. The maximum atomic E-state index is 11.4. The fraction of sp³-hybridized carbons (Fsp3) is 0.0769. The molecule has 0 atom stereocenters. The summed E-state index contributed by atoms with van der Waals surface area (Å²) in [6.07, 6.45) is 16.4. The quantitative estimate of drug-likeness (QED) is 0.726. The van der Waals surface area contributed by atoms with E-state index in [0.717, 1.165) is 10.7 Å². The second kappa shape index (κ2) is 5.12. The SMILES string of the molecule is O=C1C=CC(=O)N1N/C1=C/C=C\C=C/C=C\C1. The van der Waals surface area contributed by atoms with Gasteiger partial charge in [0.15, 0.2) is 0 Å². The van der Waals surface area contributed by atoms with Crippen LogP contribution in [0.25, 0.3) is 0 Å². The first-order valence-electron chi connectivity index (χ1n) is 5.29. The molecule has 86 valence electrons. The van der Waals surface area contributed by atoms with E-state index in [0.29, 0.717) is 6.42 Å². The molecule has 0 saturated heterocycles. The van der Waals surface area contributed by atoms with Gasteiger partial charge in [-0.1, -0.05) is 36.5 Å². The van der Waals surface area contributed by atoms with Crippen LogP contribution in [0.15, 0.2) is 60.4 Å². The molecule has 2 amide bonds. The van der Waals surface area contributed by atoms with E-state index in [-0.39, 0.29) is 11.8 Å². The summed E-state index contributed by atoms with van der Waals surface area (Å²) in [5, 5.41) is 0.999. The lowest BCUT2D eigenvalue weighted by molar-refractivity contribution is -0.139. The van der Waals surface area contributed by atoms with Gasteiger partial charge in [0.2, 0.25) is 0 Å². The number of carbonyl (C=O) groups is 2. The fourth-order valence-electron chi connectivity index (χ4n) is 1.44. The first-order valence-corrected chi connectivity index (χ1v) is 5.29. The largest absolute Gasteiger partial charge is 0.292 e. The third-order valence-corrected chi connectivity index (χ3v) is 2.28. The molecule has 1 heterocycles. The smallest absolute Gasteiger partial charge is 0.272 e. The summed E-state index contributed by atoms with van der Waals surface area (Å²) in [4.78, 5) is 22.7. The van der Waals surface area contributed by atoms with Crippen molar-refractivity contribution < 1.29 is 9.59 Å². The number of nitrogens with zero attached hydrogens (tertiary/aromatic N) is 1. The monoisotopic (exact) mass is 228 g/mol. The van der Waals surface area contributed by atoms with Crippen molar-refractivity contribution >= 4 is 11.8 Å². The Bertz CT molecular complexity index is 464. The van der Waals surface area contributed by atoms with Gasteiger partial charge in [0, 0.05) is 24.3 Å². The summed E-state index contributed by atoms with van der Waals surface area (Å²) in [5.74, 6) is -0.691. The van der Waals surface area contributed by atoms with Crippen molar-refractivity contribution in [2.24, 2.45) is 0 Å². The van der Waals surface area contributed by atoms with Gasteiger partial charge < -0.3 is 0 Å². The fourth-order valence-corrected chi connectivity index (χ4v) is 1.44. The minimum atomic E-state index is -0.346. The van der Waals surface area contributed by atoms with Gasteiger partial charge in [0.1, 0.15) is 0 Å². The topological polar surface area (TPSA) is 49.4 Å². The van der Waals surface area contributed by atoms with Crippen LogP contribution in [0.4, 0.5) is 0 Å². The first kappa shape index (κ1) is 11.1. The molecule has 2 aliphatic rings. The average Bonchev–Trinajstić information content (AvgIpc) is 2.69. The summed E-state index contributed by atoms with van der Waals surface area (Å²) < 4.78 is 0. The van der Waals surface area contributed by atoms with Gasteiger partial charge in [-0.2, -0.15) is 5.01 Å². The number of allylic oxidation sites excluding steroid dienone is 7. The number of hydrazine groups is 1. The van der Waals surface area contributed by atoms with Crippen molar-refractivity contribution in [3.8, 4) is 0 Å². The second-order valence-corrected chi connectivity index (χ2v) is 3.55. The van der Waals surface area contributed by atoms with Gasteiger partial charge >= 0.3 is 0 Å². The van der Waals surface area contributed by atoms with E-state index in [9.17, 15) is 9.59 Å². The molecule has 0 unspecified atom stereocenters. The van der Waals surface area contributed by atoms with Gasteiger partial charge in [0.25, 0.3) is 11.8 Å². The minimum Gasteiger partial charge on any atom is -0.292 e. The Morgan fingerprint density at radius 1 is 0.941 bits per heavy atom. The molecule has 0 aromatic carbocycles. The average molecular weight is 228 g/mol. The summed E-state index contributed by atoms with van der Waals surface area (Å²) in [7, 11) is 0. The standard InChI is InChI=1S/C13H12N2O2/c16-12-9-10-13(17)15(12)14-11-7-5-3-1-2-4-6-8-11/h1-7,9-10,14H,8H2/b2-1-,5-3-,6-4-,11-7+. The Hall–Kier alpha value is -2.36. The highest BCUT2D eigenvalue weighted by Gasteiger charge is 2.23. The predicted octanol–water partition coefficient (Wildman–Crippen LogP) is 1.37. The second-order valence-electron chi connectivity index (χ2n) is 3.55. The highest BCUT2D eigenvalue weighted by molar-refractivity contribution is 6.12. The first-order chi connectivity index (χ1) is 8.27. The molecule has 0 aromatic heterocycles. The molecule has 4 heteroatoms. The van der Waals surface area contributed by atoms with E-state index in [1.807, 2.05) is 42.5 Å². The normalized spacial score (nSPS) is 27.8. The zero-order chi connectivity index (χ0) is 12.1. The number of rotatable bonds is 2. The summed E-state index contributed by atoms with van der Waals surface area (Å²) in [6.45, 7) is 0. The molecule has 17 heavy (non-hydrogen) atoms. The molecule has 1 aliphatic carbocycles. The van der Waals surface area contributed by atoms with Crippen LogP contribution in [0.3, 0.4) is 0 Å². The molecule has 2 rings (SSSR count). The molecule has 0 spiro atoms. The van der Waals surface area contributed by atoms with Crippen LogP contribution >= 0.6 is 0 Å². The maximum Gasteiger partial charge on any atom is 0.272 e. The van der Waals surface area contributed by atoms with Gasteiger partial charge in [0.05, 0.1) is 0 Å². The number of hydrogen-bond acceptors (Lipinski definition) is 3. The number of amides is 2. The van der Waals surface area contributed by atoms with E-state index in [2.05, 4.69) is 5.43 Å². The highest BCUT2D eigenvalue weighted by Crippen LogP contribution is 2.07.